The largest absolute Gasteiger partial charge is 0.454 e. The van der Waals surface area contributed by atoms with Crippen LogP contribution in [0.2, 0.25) is 0 Å². The van der Waals surface area contributed by atoms with Gasteiger partial charge in [0.15, 0.2) is 18.1 Å². The second-order valence-corrected chi connectivity index (χ2v) is 5.60. The maximum absolute atomic E-state index is 14.3. The number of aromatic nitrogens is 2. The van der Waals surface area contributed by atoms with Gasteiger partial charge in [0.1, 0.15) is 17.9 Å². The van der Waals surface area contributed by atoms with Crippen LogP contribution in [-0.4, -0.2) is 27.4 Å². The van der Waals surface area contributed by atoms with Gasteiger partial charge in [0.05, 0.1) is 30.1 Å². The summed E-state index contributed by atoms with van der Waals surface area (Å²) in [6, 6.07) is 3.06. The molecule has 0 fully saturated rings. The molecule has 0 aliphatic heterocycles. The van der Waals surface area contributed by atoms with Crippen molar-refractivity contribution in [2.45, 2.75) is 31.0 Å². The average molecular weight is 371 g/mol. The molecule has 1 N–H and O–H groups in total. The van der Waals surface area contributed by atoms with Crippen LogP contribution in [-0.2, 0) is 6.42 Å². The summed E-state index contributed by atoms with van der Waals surface area (Å²) >= 11 is 0. The zero-order valence-corrected chi connectivity index (χ0v) is 12.8. The van der Waals surface area contributed by atoms with Crippen LogP contribution in [0, 0.1) is 11.3 Å². The lowest BCUT2D eigenvalue weighted by Gasteiger charge is -2.15. The molecule has 0 bridgehead atoms. The van der Waals surface area contributed by atoms with Crippen LogP contribution in [0.3, 0.4) is 0 Å². The first-order chi connectivity index (χ1) is 12.2. The molecule has 5 nitrogen and oxygen atoms in total. The normalized spacial score (nSPS) is 22.0. The van der Waals surface area contributed by atoms with Crippen molar-refractivity contribution in [1.29, 1.82) is 5.26 Å². The van der Waals surface area contributed by atoms with E-state index in [-0.39, 0.29) is 17.1 Å². The summed E-state index contributed by atoms with van der Waals surface area (Å²) in [5.74, 6) is -0.366. The molecule has 0 unspecified atom stereocenters. The van der Waals surface area contributed by atoms with Gasteiger partial charge in [0, 0.05) is 23.4 Å². The Morgan fingerprint density at radius 2 is 1.92 bits per heavy atom. The molecule has 10 heteroatoms. The van der Waals surface area contributed by atoms with E-state index in [9.17, 15) is 27.1 Å². The fourth-order valence-corrected chi connectivity index (χ4v) is 2.73. The number of nitriles is 1. The second kappa shape index (κ2) is 6.49. The number of pyridine rings is 2. The van der Waals surface area contributed by atoms with Gasteiger partial charge < -0.3 is 9.84 Å². The Kier molecular flexibility index (Phi) is 4.50. The maximum Gasteiger partial charge on any atom is 0.394 e. The van der Waals surface area contributed by atoms with Crippen molar-refractivity contribution in [3.05, 3.63) is 47.0 Å². The van der Waals surface area contributed by atoms with Crippen molar-refractivity contribution < 1.29 is 31.8 Å². The van der Waals surface area contributed by atoms with E-state index in [0.717, 1.165) is 6.20 Å². The summed E-state index contributed by atoms with van der Waals surface area (Å²) < 4.78 is 71.6. The summed E-state index contributed by atoms with van der Waals surface area (Å²) in [5, 5.41) is 18.7. The number of aliphatic hydroxyl groups excluding tert-OH is 1. The van der Waals surface area contributed by atoms with Crippen LogP contribution in [0.15, 0.2) is 24.7 Å². The van der Waals surface area contributed by atoms with E-state index in [1.165, 1.54) is 18.5 Å². The molecular formula is C16H10F5N3O2. The van der Waals surface area contributed by atoms with E-state index < -0.39 is 47.9 Å². The third-order valence-electron chi connectivity index (χ3n) is 3.79. The second-order valence-electron chi connectivity index (χ2n) is 5.60. The monoisotopic (exact) mass is 371 g/mol. The number of fused-ring (bicyclic) bond motifs is 1. The van der Waals surface area contributed by atoms with Crippen LogP contribution < -0.4 is 4.74 Å². The van der Waals surface area contributed by atoms with Crippen LogP contribution in [0.1, 0.15) is 34.7 Å². The number of rotatable bonds is 3. The van der Waals surface area contributed by atoms with Crippen LogP contribution in [0.4, 0.5) is 22.0 Å². The van der Waals surface area contributed by atoms with Crippen molar-refractivity contribution in [2.75, 3.05) is 0 Å². The molecule has 0 saturated heterocycles. The van der Waals surface area contributed by atoms with Gasteiger partial charge in [0.2, 0.25) is 0 Å². The third kappa shape index (κ3) is 3.30. The molecule has 0 radical (unpaired) electrons. The van der Waals surface area contributed by atoms with Crippen molar-refractivity contribution in [3.63, 3.8) is 0 Å². The van der Waals surface area contributed by atoms with Gasteiger partial charge in [-0.1, -0.05) is 0 Å². The van der Waals surface area contributed by atoms with Crippen molar-refractivity contribution >= 4 is 0 Å². The Balaban J connectivity index is 2.07. The van der Waals surface area contributed by atoms with Gasteiger partial charge in [-0.25, -0.2) is 8.78 Å². The number of ether oxygens (including phenoxy) is 1. The molecule has 1 aliphatic rings. The minimum Gasteiger partial charge on any atom is -0.454 e. The highest BCUT2D eigenvalue weighted by molar-refractivity contribution is 5.50. The Hall–Kier alpha value is -2.80. The zero-order chi connectivity index (χ0) is 19.1. The number of nitrogens with zero attached hydrogens (tertiary/aromatic N) is 3. The van der Waals surface area contributed by atoms with Gasteiger partial charge >= 0.3 is 6.18 Å². The first-order valence-electron chi connectivity index (χ1n) is 7.29. The first kappa shape index (κ1) is 18.0. The molecule has 0 saturated carbocycles. The molecule has 1 aliphatic carbocycles. The SMILES string of the molecule is N#Cc1cncc(Oc2cnc(CC(F)(F)F)c3c2[C@@H](F)[C@@H](F)[C@H]3O)c1. The molecule has 0 amide bonds. The van der Waals surface area contributed by atoms with Crippen LogP contribution in [0.5, 0.6) is 11.5 Å². The number of aliphatic hydroxyl groups is 1. The predicted molar refractivity (Wildman–Crippen MR) is 76.7 cm³/mol. The highest BCUT2D eigenvalue weighted by atomic mass is 19.4. The maximum atomic E-state index is 14.3. The van der Waals surface area contributed by atoms with E-state index in [1.807, 2.05) is 0 Å². The van der Waals surface area contributed by atoms with Crippen molar-refractivity contribution in [1.82, 2.24) is 9.97 Å². The molecule has 2 heterocycles. The standard InChI is InChI=1S/C16H10F5N3O2/c17-13-12-10(26-8-1-7(3-22)4-23-5-8)6-24-9(2-16(19,20)21)11(12)15(25)14(13)18/h1,4-6,13-15,25H,2H2/t13-,14-,15+/m1/s1. The van der Waals surface area contributed by atoms with Crippen LogP contribution >= 0.6 is 0 Å². The highest BCUT2D eigenvalue weighted by Crippen LogP contribution is 2.49. The van der Waals surface area contributed by atoms with Gasteiger partial charge in [-0.2, -0.15) is 18.4 Å². The molecule has 26 heavy (non-hydrogen) atoms. The molecule has 3 atom stereocenters. The summed E-state index contributed by atoms with van der Waals surface area (Å²) in [7, 11) is 0. The highest BCUT2D eigenvalue weighted by Gasteiger charge is 2.46. The fourth-order valence-electron chi connectivity index (χ4n) is 2.73. The predicted octanol–water partition coefficient (Wildman–Crippen LogP) is 3.64. The molecule has 0 spiro atoms. The van der Waals surface area contributed by atoms with Gasteiger partial charge in [-0.05, 0) is 0 Å². The molecular weight excluding hydrogens is 361 g/mol. The Bertz CT molecular complexity index is 881. The third-order valence-corrected chi connectivity index (χ3v) is 3.79. The number of alkyl halides is 5. The van der Waals surface area contributed by atoms with E-state index in [0.29, 0.717) is 0 Å². The Morgan fingerprint density at radius 3 is 2.58 bits per heavy atom. The summed E-state index contributed by atoms with van der Waals surface area (Å²) in [6.45, 7) is 0. The summed E-state index contributed by atoms with van der Waals surface area (Å²) in [5.41, 5.74) is -1.63. The lowest BCUT2D eigenvalue weighted by molar-refractivity contribution is -0.128. The Morgan fingerprint density at radius 1 is 1.19 bits per heavy atom. The lowest BCUT2D eigenvalue weighted by atomic mass is 10.0. The van der Waals surface area contributed by atoms with Crippen molar-refractivity contribution in [2.24, 2.45) is 0 Å². The minimum absolute atomic E-state index is 0.0133. The van der Waals surface area contributed by atoms with E-state index in [4.69, 9.17) is 10.00 Å². The lowest BCUT2D eigenvalue weighted by Crippen LogP contribution is -2.16. The molecule has 2 aromatic heterocycles. The van der Waals surface area contributed by atoms with Crippen molar-refractivity contribution in [3.8, 4) is 17.6 Å². The fraction of sp³-hybridized carbons (Fsp3) is 0.312. The van der Waals surface area contributed by atoms with E-state index >= 15 is 0 Å². The van der Waals surface area contributed by atoms with E-state index in [1.54, 1.807) is 6.07 Å². The minimum atomic E-state index is -4.67. The van der Waals surface area contributed by atoms with Crippen LogP contribution in [0.25, 0.3) is 0 Å². The summed E-state index contributed by atoms with van der Waals surface area (Å²) in [6.07, 6.45) is -9.87. The van der Waals surface area contributed by atoms with E-state index in [2.05, 4.69) is 9.97 Å². The topological polar surface area (TPSA) is 79.0 Å². The average Bonchev–Trinajstić information content (AvgIpc) is 2.81. The quantitative estimate of drug-likeness (QED) is 0.834. The first-order valence-corrected chi connectivity index (χ1v) is 7.29. The molecule has 136 valence electrons. The molecule has 0 aromatic carbocycles. The zero-order valence-electron chi connectivity index (χ0n) is 12.8. The van der Waals surface area contributed by atoms with Gasteiger partial charge in [0.25, 0.3) is 0 Å². The number of hydrogen-bond donors (Lipinski definition) is 1. The smallest absolute Gasteiger partial charge is 0.394 e. The number of halogens is 5. The van der Waals surface area contributed by atoms with Gasteiger partial charge in [-0.3, -0.25) is 9.97 Å². The number of hydrogen-bond acceptors (Lipinski definition) is 5. The molecule has 3 rings (SSSR count). The Labute approximate surface area is 143 Å². The molecule has 2 aromatic rings. The van der Waals surface area contributed by atoms with Gasteiger partial charge in [-0.15, -0.1) is 0 Å². The summed E-state index contributed by atoms with van der Waals surface area (Å²) in [4.78, 5) is 7.30.